The van der Waals surface area contributed by atoms with Gasteiger partial charge in [0.1, 0.15) is 17.7 Å². The van der Waals surface area contributed by atoms with Crippen LogP contribution in [-0.2, 0) is 0 Å². The molecule has 0 fully saturated rings. The number of hydrogen-bond acceptors (Lipinski definition) is 4. The number of halogens is 2. The SMILES string of the molecule is COc1ccc2c(NCC(O)C(F)F)nccc2c1. The molecule has 19 heavy (non-hydrogen) atoms. The van der Waals surface area contributed by atoms with Gasteiger partial charge in [-0.05, 0) is 29.7 Å². The molecule has 1 unspecified atom stereocenters. The lowest BCUT2D eigenvalue weighted by molar-refractivity contribution is 0.00382. The molecule has 0 bridgehead atoms. The second-order valence-electron chi connectivity index (χ2n) is 4.03. The first kappa shape index (κ1) is 13.5. The zero-order valence-corrected chi connectivity index (χ0v) is 10.3. The average Bonchev–Trinajstić information content (AvgIpc) is 2.43. The molecule has 0 amide bonds. The van der Waals surface area contributed by atoms with Gasteiger partial charge in [0.05, 0.1) is 7.11 Å². The van der Waals surface area contributed by atoms with Crippen molar-refractivity contribution in [3.05, 3.63) is 30.5 Å². The smallest absolute Gasteiger partial charge is 0.265 e. The summed E-state index contributed by atoms with van der Waals surface area (Å²) in [6, 6.07) is 7.18. The molecular weight excluding hydrogens is 254 g/mol. The van der Waals surface area contributed by atoms with E-state index in [0.29, 0.717) is 11.6 Å². The Hall–Kier alpha value is -1.95. The van der Waals surface area contributed by atoms with Crippen molar-refractivity contribution in [1.82, 2.24) is 4.98 Å². The summed E-state index contributed by atoms with van der Waals surface area (Å²) in [6.07, 6.45) is -2.92. The number of methoxy groups -OCH3 is 1. The van der Waals surface area contributed by atoms with Crippen LogP contribution in [-0.4, -0.2) is 36.3 Å². The van der Waals surface area contributed by atoms with Crippen LogP contribution in [0, 0.1) is 0 Å². The Balaban J connectivity index is 2.23. The van der Waals surface area contributed by atoms with E-state index in [4.69, 9.17) is 9.84 Å². The summed E-state index contributed by atoms with van der Waals surface area (Å²) in [7, 11) is 1.57. The Kier molecular flexibility index (Phi) is 4.11. The zero-order chi connectivity index (χ0) is 13.8. The third kappa shape index (κ3) is 3.08. The number of pyridine rings is 1. The van der Waals surface area contributed by atoms with Gasteiger partial charge in [-0.1, -0.05) is 0 Å². The molecule has 6 heteroatoms. The van der Waals surface area contributed by atoms with Crippen LogP contribution in [0.2, 0.25) is 0 Å². The summed E-state index contributed by atoms with van der Waals surface area (Å²) in [5, 5.41) is 13.5. The standard InChI is InChI=1S/C13H14F2N2O2/c1-19-9-2-3-10-8(6-9)4-5-16-13(10)17-7-11(18)12(14)15/h2-6,11-12,18H,7H2,1H3,(H,16,17). The Bertz CT molecular complexity index is 563. The molecule has 1 aromatic carbocycles. The predicted molar refractivity (Wildman–Crippen MR) is 68.8 cm³/mol. The minimum atomic E-state index is -2.78. The zero-order valence-electron chi connectivity index (χ0n) is 10.3. The van der Waals surface area contributed by atoms with Gasteiger partial charge < -0.3 is 15.2 Å². The number of aliphatic hydroxyl groups is 1. The van der Waals surface area contributed by atoms with E-state index < -0.39 is 12.5 Å². The molecule has 2 aromatic rings. The minimum Gasteiger partial charge on any atom is -0.497 e. The highest BCUT2D eigenvalue weighted by molar-refractivity contribution is 5.92. The number of ether oxygens (including phenoxy) is 1. The van der Waals surface area contributed by atoms with E-state index in [1.165, 1.54) is 0 Å². The van der Waals surface area contributed by atoms with Crippen molar-refractivity contribution < 1.29 is 18.6 Å². The van der Waals surface area contributed by atoms with Gasteiger partial charge >= 0.3 is 0 Å². The van der Waals surface area contributed by atoms with Crippen LogP contribution in [0.1, 0.15) is 0 Å². The van der Waals surface area contributed by atoms with Crippen LogP contribution in [0.25, 0.3) is 10.8 Å². The van der Waals surface area contributed by atoms with Gasteiger partial charge in [-0.15, -0.1) is 0 Å². The van der Waals surface area contributed by atoms with E-state index in [1.807, 2.05) is 6.07 Å². The highest BCUT2D eigenvalue weighted by Gasteiger charge is 2.16. The number of anilines is 1. The van der Waals surface area contributed by atoms with Crippen LogP contribution in [0.15, 0.2) is 30.5 Å². The summed E-state index contributed by atoms with van der Waals surface area (Å²) in [5.41, 5.74) is 0. The molecule has 0 spiro atoms. The molecule has 2 rings (SSSR count). The van der Waals surface area contributed by atoms with Crippen molar-refractivity contribution in [3.63, 3.8) is 0 Å². The first-order chi connectivity index (χ1) is 9.11. The van der Waals surface area contributed by atoms with Crippen molar-refractivity contribution in [3.8, 4) is 5.75 Å². The van der Waals surface area contributed by atoms with Gasteiger partial charge in [0.25, 0.3) is 6.43 Å². The fraction of sp³-hybridized carbons (Fsp3) is 0.308. The van der Waals surface area contributed by atoms with Crippen molar-refractivity contribution in [2.75, 3.05) is 19.0 Å². The van der Waals surface area contributed by atoms with Crippen LogP contribution in [0.5, 0.6) is 5.75 Å². The summed E-state index contributed by atoms with van der Waals surface area (Å²) >= 11 is 0. The molecule has 0 aliphatic heterocycles. The van der Waals surface area contributed by atoms with Crippen LogP contribution >= 0.6 is 0 Å². The quantitative estimate of drug-likeness (QED) is 0.873. The third-order valence-corrected chi connectivity index (χ3v) is 2.74. The highest BCUT2D eigenvalue weighted by atomic mass is 19.3. The van der Waals surface area contributed by atoms with Crippen molar-refractivity contribution >= 4 is 16.6 Å². The van der Waals surface area contributed by atoms with Crippen LogP contribution in [0.4, 0.5) is 14.6 Å². The molecule has 1 aromatic heterocycles. The number of aromatic nitrogens is 1. The topological polar surface area (TPSA) is 54.4 Å². The number of aliphatic hydroxyl groups excluding tert-OH is 1. The maximum absolute atomic E-state index is 12.2. The average molecular weight is 268 g/mol. The first-order valence-corrected chi connectivity index (χ1v) is 5.74. The number of benzene rings is 1. The van der Waals surface area contributed by atoms with Gasteiger partial charge in [-0.25, -0.2) is 13.8 Å². The molecule has 0 radical (unpaired) electrons. The monoisotopic (exact) mass is 268 g/mol. The molecule has 2 N–H and O–H groups in total. The fourth-order valence-electron chi connectivity index (χ4n) is 1.71. The maximum atomic E-state index is 12.2. The predicted octanol–water partition coefficient (Wildman–Crippen LogP) is 2.28. The highest BCUT2D eigenvalue weighted by Crippen LogP contribution is 2.25. The van der Waals surface area contributed by atoms with E-state index in [9.17, 15) is 8.78 Å². The number of nitrogens with one attached hydrogen (secondary N) is 1. The van der Waals surface area contributed by atoms with E-state index in [0.717, 1.165) is 10.8 Å². The Labute approximate surface area is 109 Å². The number of alkyl halides is 2. The van der Waals surface area contributed by atoms with Gasteiger partial charge in [0.15, 0.2) is 0 Å². The van der Waals surface area contributed by atoms with Gasteiger partial charge in [0, 0.05) is 18.1 Å². The van der Waals surface area contributed by atoms with Crippen molar-refractivity contribution in [1.29, 1.82) is 0 Å². The summed E-state index contributed by atoms with van der Waals surface area (Å²) < 4.78 is 29.5. The molecule has 0 saturated heterocycles. The Morgan fingerprint density at radius 1 is 1.37 bits per heavy atom. The maximum Gasteiger partial charge on any atom is 0.265 e. The number of hydrogen-bond donors (Lipinski definition) is 2. The largest absolute Gasteiger partial charge is 0.497 e. The summed E-state index contributed by atoms with van der Waals surface area (Å²) in [6.45, 7) is -0.254. The first-order valence-electron chi connectivity index (χ1n) is 5.74. The fourth-order valence-corrected chi connectivity index (χ4v) is 1.71. The van der Waals surface area contributed by atoms with E-state index >= 15 is 0 Å². The lowest BCUT2D eigenvalue weighted by atomic mass is 10.1. The van der Waals surface area contributed by atoms with Gasteiger partial charge in [-0.3, -0.25) is 0 Å². The van der Waals surface area contributed by atoms with Crippen LogP contribution < -0.4 is 10.1 Å². The second-order valence-corrected chi connectivity index (χ2v) is 4.03. The molecular formula is C13H14F2N2O2. The van der Waals surface area contributed by atoms with E-state index in [-0.39, 0.29) is 6.54 Å². The van der Waals surface area contributed by atoms with Crippen molar-refractivity contribution in [2.24, 2.45) is 0 Å². The minimum absolute atomic E-state index is 0.254. The lowest BCUT2D eigenvalue weighted by Gasteiger charge is -2.13. The van der Waals surface area contributed by atoms with E-state index in [2.05, 4.69) is 10.3 Å². The molecule has 0 aliphatic rings. The molecule has 4 nitrogen and oxygen atoms in total. The van der Waals surface area contributed by atoms with Crippen molar-refractivity contribution in [2.45, 2.75) is 12.5 Å². The summed E-state index contributed by atoms with van der Waals surface area (Å²) in [5.74, 6) is 1.16. The third-order valence-electron chi connectivity index (χ3n) is 2.74. The number of rotatable bonds is 5. The van der Waals surface area contributed by atoms with Crippen LogP contribution in [0.3, 0.4) is 0 Å². The van der Waals surface area contributed by atoms with Gasteiger partial charge in [0.2, 0.25) is 0 Å². The van der Waals surface area contributed by atoms with E-state index in [1.54, 1.807) is 31.5 Å². The second kappa shape index (κ2) is 5.79. The summed E-state index contributed by atoms with van der Waals surface area (Å²) in [4.78, 5) is 4.09. The molecule has 0 aliphatic carbocycles. The normalized spacial score (nSPS) is 12.7. The lowest BCUT2D eigenvalue weighted by Crippen LogP contribution is -2.27. The van der Waals surface area contributed by atoms with Gasteiger partial charge in [-0.2, -0.15) is 0 Å². The Morgan fingerprint density at radius 2 is 2.16 bits per heavy atom. The molecule has 0 saturated carbocycles. The molecule has 102 valence electrons. The molecule has 1 atom stereocenters. The molecule has 1 heterocycles. The number of nitrogens with zero attached hydrogens (tertiary/aromatic N) is 1. The Morgan fingerprint density at radius 3 is 2.84 bits per heavy atom. The number of fused-ring (bicyclic) bond motifs is 1.